The maximum Gasteiger partial charge on any atom is 0.234 e. The van der Waals surface area contributed by atoms with E-state index in [4.69, 9.17) is 0 Å². The Kier molecular flexibility index (Phi) is 6.22. The molecule has 0 aliphatic rings. The molecule has 5 nitrogen and oxygen atoms in total. The Labute approximate surface area is 156 Å². The fourth-order valence-corrected chi connectivity index (χ4v) is 3.19. The average molecular weight is 365 g/mol. The molecule has 0 radical (unpaired) electrons. The van der Waals surface area contributed by atoms with Gasteiger partial charge in [0.2, 0.25) is 5.91 Å². The highest BCUT2D eigenvalue weighted by Crippen LogP contribution is 2.17. The molecular formula is C20H19N3O2S. The van der Waals surface area contributed by atoms with Crippen molar-refractivity contribution in [3.05, 3.63) is 84.2 Å². The van der Waals surface area contributed by atoms with E-state index in [0.717, 1.165) is 11.3 Å². The number of thioether (sulfide) groups is 1. The average Bonchev–Trinajstić information content (AvgIpc) is 3.17. The SMILES string of the molecule is O=C(CSCC(=O)c1ccccc1)Nc1ccccc1Cn1cccn1. The molecule has 0 unspecified atom stereocenters. The number of hydrogen-bond donors (Lipinski definition) is 1. The fraction of sp³-hybridized carbons (Fsp3) is 0.150. The summed E-state index contributed by atoms with van der Waals surface area (Å²) in [6.07, 6.45) is 3.60. The van der Waals surface area contributed by atoms with Crippen LogP contribution in [0.2, 0.25) is 0 Å². The molecule has 0 bridgehead atoms. The van der Waals surface area contributed by atoms with Crippen molar-refractivity contribution in [3.8, 4) is 0 Å². The molecule has 26 heavy (non-hydrogen) atoms. The van der Waals surface area contributed by atoms with Gasteiger partial charge >= 0.3 is 0 Å². The summed E-state index contributed by atoms with van der Waals surface area (Å²) in [5, 5.41) is 7.12. The molecule has 0 aliphatic carbocycles. The van der Waals surface area contributed by atoms with Crippen molar-refractivity contribution in [1.29, 1.82) is 0 Å². The van der Waals surface area contributed by atoms with Gasteiger partial charge in [0.15, 0.2) is 5.78 Å². The molecule has 0 atom stereocenters. The third-order valence-electron chi connectivity index (χ3n) is 3.75. The second-order valence-corrected chi connectivity index (χ2v) is 6.68. The van der Waals surface area contributed by atoms with Crippen molar-refractivity contribution in [2.24, 2.45) is 0 Å². The Hall–Kier alpha value is -2.86. The van der Waals surface area contributed by atoms with Crippen LogP contribution in [0.1, 0.15) is 15.9 Å². The topological polar surface area (TPSA) is 64.0 Å². The molecule has 0 aliphatic heterocycles. The number of carbonyl (C=O) groups excluding carboxylic acids is 2. The van der Waals surface area contributed by atoms with Crippen LogP contribution in [-0.2, 0) is 11.3 Å². The van der Waals surface area contributed by atoms with Crippen LogP contribution in [0.25, 0.3) is 0 Å². The first-order valence-electron chi connectivity index (χ1n) is 8.23. The smallest absolute Gasteiger partial charge is 0.234 e. The zero-order chi connectivity index (χ0) is 18.2. The molecule has 2 aromatic carbocycles. The molecule has 3 aromatic rings. The summed E-state index contributed by atoms with van der Waals surface area (Å²) >= 11 is 1.32. The number of aromatic nitrogens is 2. The number of hydrogen-bond acceptors (Lipinski definition) is 4. The van der Waals surface area contributed by atoms with E-state index in [0.29, 0.717) is 12.1 Å². The molecule has 0 saturated heterocycles. The molecule has 0 fully saturated rings. The van der Waals surface area contributed by atoms with E-state index in [9.17, 15) is 9.59 Å². The lowest BCUT2D eigenvalue weighted by Crippen LogP contribution is -2.17. The number of para-hydroxylation sites is 1. The molecule has 1 heterocycles. The Bertz CT molecular complexity index is 864. The van der Waals surface area contributed by atoms with E-state index in [1.165, 1.54) is 11.8 Å². The van der Waals surface area contributed by atoms with Crippen molar-refractivity contribution >= 4 is 29.1 Å². The second kappa shape index (κ2) is 9.01. The predicted molar refractivity (Wildman–Crippen MR) is 104 cm³/mol. The summed E-state index contributed by atoms with van der Waals surface area (Å²) in [7, 11) is 0. The molecule has 1 aromatic heterocycles. The lowest BCUT2D eigenvalue weighted by atomic mass is 10.2. The summed E-state index contributed by atoms with van der Waals surface area (Å²) in [6, 6.07) is 18.6. The summed E-state index contributed by atoms with van der Waals surface area (Å²) in [4.78, 5) is 24.3. The van der Waals surface area contributed by atoms with Crippen LogP contribution >= 0.6 is 11.8 Å². The summed E-state index contributed by atoms with van der Waals surface area (Å²) in [6.45, 7) is 0.586. The minimum Gasteiger partial charge on any atom is -0.325 e. The highest BCUT2D eigenvalue weighted by molar-refractivity contribution is 8.00. The Morgan fingerprint density at radius 3 is 2.50 bits per heavy atom. The second-order valence-electron chi connectivity index (χ2n) is 5.69. The minimum atomic E-state index is -0.122. The van der Waals surface area contributed by atoms with Gasteiger partial charge in [-0.1, -0.05) is 48.5 Å². The molecular weight excluding hydrogens is 346 g/mol. The summed E-state index contributed by atoms with van der Waals surface area (Å²) in [5.41, 5.74) is 2.42. The van der Waals surface area contributed by atoms with Crippen LogP contribution in [0, 0.1) is 0 Å². The molecule has 132 valence electrons. The predicted octanol–water partition coefficient (Wildman–Crippen LogP) is 3.49. The first kappa shape index (κ1) is 17.9. The number of nitrogens with zero attached hydrogens (tertiary/aromatic N) is 2. The van der Waals surface area contributed by atoms with E-state index < -0.39 is 0 Å². The molecule has 0 saturated carbocycles. The molecule has 1 N–H and O–H groups in total. The molecule has 3 rings (SSSR count). The molecule has 6 heteroatoms. The van der Waals surface area contributed by atoms with Gasteiger partial charge < -0.3 is 5.32 Å². The van der Waals surface area contributed by atoms with E-state index in [1.807, 2.05) is 54.7 Å². The van der Waals surface area contributed by atoms with Crippen molar-refractivity contribution in [1.82, 2.24) is 9.78 Å². The van der Waals surface area contributed by atoms with Gasteiger partial charge in [-0.25, -0.2) is 0 Å². The third kappa shape index (κ3) is 5.07. The lowest BCUT2D eigenvalue weighted by Gasteiger charge is -2.11. The largest absolute Gasteiger partial charge is 0.325 e. The van der Waals surface area contributed by atoms with Gasteiger partial charge in [-0.15, -0.1) is 11.8 Å². The maximum absolute atomic E-state index is 12.2. The minimum absolute atomic E-state index is 0.0301. The van der Waals surface area contributed by atoms with Crippen LogP contribution in [-0.4, -0.2) is 33.0 Å². The first-order chi connectivity index (χ1) is 12.7. The van der Waals surface area contributed by atoms with Crippen molar-refractivity contribution in [3.63, 3.8) is 0 Å². The highest BCUT2D eigenvalue weighted by Gasteiger charge is 2.10. The van der Waals surface area contributed by atoms with Gasteiger partial charge in [-0.2, -0.15) is 5.10 Å². The maximum atomic E-state index is 12.2. The number of anilines is 1. The number of Topliss-reactive ketones (excluding diaryl/α,β-unsaturated/α-hetero) is 1. The van der Waals surface area contributed by atoms with Gasteiger partial charge in [0.1, 0.15) is 0 Å². The number of rotatable bonds is 8. The Morgan fingerprint density at radius 1 is 0.962 bits per heavy atom. The van der Waals surface area contributed by atoms with Gasteiger partial charge in [0, 0.05) is 23.6 Å². The molecule has 1 amide bonds. The van der Waals surface area contributed by atoms with Gasteiger partial charge in [-0.05, 0) is 17.7 Å². The van der Waals surface area contributed by atoms with Crippen LogP contribution in [0.4, 0.5) is 5.69 Å². The van der Waals surface area contributed by atoms with Gasteiger partial charge in [0.05, 0.1) is 18.1 Å². The van der Waals surface area contributed by atoms with E-state index in [1.54, 1.807) is 23.0 Å². The first-order valence-corrected chi connectivity index (χ1v) is 9.39. The van der Waals surface area contributed by atoms with E-state index in [2.05, 4.69) is 10.4 Å². The lowest BCUT2D eigenvalue weighted by molar-refractivity contribution is -0.113. The highest BCUT2D eigenvalue weighted by atomic mass is 32.2. The Balaban J connectivity index is 1.51. The number of carbonyl (C=O) groups is 2. The monoisotopic (exact) mass is 365 g/mol. The number of amides is 1. The zero-order valence-corrected chi connectivity index (χ0v) is 15.0. The summed E-state index contributed by atoms with van der Waals surface area (Å²) in [5.74, 6) is 0.423. The van der Waals surface area contributed by atoms with Gasteiger partial charge in [-0.3, -0.25) is 14.3 Å². The number of benzene rings is 2. The van der Waals surface area contributed by atoms with Crippen LogP contribution in [0.15, 0.2) is 73.1 Å². The van der Waals surface area contributed by atoms with Crippen LogP contribution in [0.5, 0.6) is 0 Å². The normalized spacial score (nSPS) is 10.5. The quantitative estimate of drug-likeness (QED) is 0.621. The van der Waals surface area contributed by atoms with Crippen molar-refractivity contribution < 1.29 is 9.59 Å². The Morgan fingerprint density at radius 2 is 1.73 bits per heavy atom. The zero-order valence-electron chi connectivity index (χ0n) is 14.2. The fourth-order valence-electron chi connectivity index (χ4n) is 2.48. The van der Waals surface area contributed by atoms with Gasteiger partial charge in [0.25, 0.3) is 0 Å². The van der Waals surface area contributed by atoms with Crippen LogP contribution in [0.3, 0.4) is 0 Å². The number of ketones is 1. The van der Waals surface area contributed by atoms with Crippen LogP contribution < -0.4 is 5.32 Å². The third-order valence-corrected chi connectivity index (χ3v) is 4.68. The van der Waals surface area contributed by atoms with E-state index >= 15 is 0 Å². The van der Waals surface area contributed by atoms with Crippen molar-refractivity contribution in [2.75, 3.05) is 16.8 Å². The van der Waals surface area contributed by atoms with Crippen molar-refractivity contribution in [2.45, 2.75) is 6.54 Å². The standard InChI is InChI=1S/C20H19N3O2S/c24-19(16-7-2-1-3-8-16)14-26-15-20(25)22-18-10-5-4-9-17(18)13-23-12-6-11-21-23/h1-12H,13-15H2,(H,22,25). The van der Waals surface area contributed by atoms with E-state index in [-0.39, 0.29) is 23.2 Å². The molecule has 0 spiro atoms. The summed E-state index contributed by atoms with van der Waals surface area (Å²) < 4.78 is 1.80. The number of nitrogens with one attached hydrogen (secondary N) is 1.